The molecule has 1 unspecified atom stereocenters. The topological polar surface area (TPSA) is 69.6 Å². The number of carboxylic acids is 1. The molecular formula is C19H19FN2O3. The smallest absolute Gasteiger partial charge is 0.335 e. The molecule has 1 aliphatic heterocycles. The molecule has 25 heavy (non-hydrogen) atoms. The van der Waals surface area contributed by atoms with E-state index < -0.39 is 11.8 Å². The van der Waals surface area contributed by atoms with Crippen molar-refractivity contribution in [2.75, 3.05) is 11.9 Å². The van der Waals surface area contributed by atoms with E-state index in [2.05, 4.69) is 10.2 Å². The third kappa shape index (κ3) is 4.03. The van der Waals surface area contributed by atoms with Crippen LogP contribution in [0, 0.1) is 5.82 Å². The van der Waals surface area contributed by atoms with Crippen LogP contribution in [-0.2, 0) is 11.3 Å². The number of likely N-dealkylation sites (tertiary alicyclic amines) is 1. The number of nitrogens with zero attached hydrogens (tertiary/aromatic N) is 1. The van der Waals surface area contributed by atoms with Crippen molar-refractivity contribution in [3.63, 3.8) is 0 Å². The Morgan fingerprint density at radius 3 is 2.68 bits per heavy atom. The minimum Gasteiger partial charge on any atom is -0.478 e. The molecule has 6 heteroatoms. The summed E-state index contributed by atoms with van der Waals surface area (Å²) in [6, 6.07) is 12.9. The summed E-state index contributed by atoms with van der Waals surface area (Å²) >= 11 is 0. The molecule has 0 radical (unpaired) electrons. The summed E-state index contributed by atoms with van der Waals surface area (Å²) in [5, 5.41) is 11.6. The van der Waals surface area contributed by atoms with Gasteiger partial charge in [0.05, 0.1) is 17.3 Å². The minimum absolute atomic E-state index is 0.0655. The van der Waals surface area contributed by atoms with Crippen LogP contribution in [0.5, 0.6) is 0 Å². The van der Waals surface area contributed by atoms with Gasteiger partial charge in [-0.1, -0.05) is 30.3 Å². The van der Waals surface area contributed by atoms with Crippen molar-refractivity contribution in [2.45, 2.75) is 25.4 Å². The van der Waals surface area contributed by atoms with Crippen LogP contribution in [0.4, 0.5) is 10.1 Å². The maximum Gasteiger partial charge on any atom is 0.335 e. The van der Waals surface area contributed by atoms with Gasteiger partial charge in [0.1, 0.15) is 5.82 Å². The molecule has 1 amide bonds. The molecular weight excluding hydrogens is 323 g/mol. The molecule has 0 bridgehead atoms. The van der Waals surface area contributed by atoms with Crippen LogP contribution in [0.3, 0.4) is 0 Å². The zero-order chi connectivity index (χ0) is 17.8. The van der Waals surface area contributed by atoms with Gasteiger partial charge in [-0.25, -0.2) is 9.18 Å². The van der Waals surface area contributed by atoms with Crippen molar-refractivity contribution in [3.8, 4) is 0 Å². The molecule has 0 spiro atoms. The number of amides is 1. The summed E-state index contributed by atoms with van der Waals surface area (Å²) in [6.07, 6.45) is 1.58. The molecule has 1 saturated heterocycles. The minimum atomic E-state index is -1.16. The first-order valence-electron chi connectivity index (χ1n) is 8.16. The van der Waals surface area contributed by atoms with Crippen molar-refractivity contribution < 1.29 is 19.1 Å². The summed E-state index contributed by atoms with van der Waals surface area (Å²) in [6.45, 7) is 1.45. The molecule has 1 aliphatic rings. The van der Waals surface area contributed by atoms with Gasteiger partial charge in [0, 0.05) is 6.54 Å². The fourth-order valence-corrected chi connectivity index (χ4v) is 3.10. The lowest BCUT2D eigenvalue weighted by molar-refractivity contribution is -0.120. The summed E-state index contributed by atoms with van der Waals surface area (Å²) in [5.41, 5.74) is 0.946. The van der Waals surface area contributed by atoms with Gasteiger partial charge in [0.25, 0.3) is 0 Å². The molecule has 5 nitrogen and oxygen atoms in total. The van der Waals surface area contributed by atoms with E-state index in [1.54, 1.807) is 0 Å². The highest BCUT2D eigenvalue weighted by atomic mass is 19.1. The Bertz CT molecular complexity index is 779. The average Bonchev–Trinajstić information content (AvgIpc) is 3.05. The van der Waals surface area contributed by atoms with Gasteiger partial charge in [-0.3, -0.25) is 9.69 Å². The zero-order valence-corrected chi connectivity index (χ0v) is 13.6. The Morgan fingerprint density at radius 2 is 1.96 bits per heavy atom. The van der Waals surface area contributed by atoms with Crippen molar-refractivity contribution in [1.29, 1.82) is 0 Å². The lowest BCUT2D eigenvalue weighted by atomic mass is 10.1. The standard InChI is InChI=1S/C19H19FN2O3/c20-15-9-8-14(19(24)25)11-16(15)21-18(23)17-7-4-10-22(17)12-13-5-2-1-3-6-13/h1-3,5-6,8-9,11,17H,4,7,10,12H2,(H,21,23)(H,24,25). The van der Waals surface area contributed by atoms with Crippen LogP contribution < -0.4 is 5.32 Å². The van der Waals surface area contributed by atoms with E-state index >= 15 is 0 Å². The Hall–Kier alpha value is -2.73. The monoisotopic (exact) mass is 342 g/mol. The van der Waals surface area contributed by atoms with Crippen LogP contribution in [-0.4, -0.2) is 34.5 Å². The van der Waals surface area contributed by atoms with Crippen LogP contribution >= 0.6 is 0 Å². The first-order valence-corrected chi connectivity index (χ1v) is 8.16. The molecule has 2 aromatic rings. The number of halogens is 1. The molecule has 1 atom stereocenters. The molecule has 3 rings (SSSR count). The SMILES string of the molecule is O=C(O)c1ccc(F)c(NC(=O)C2CCCN2Cc2ccccc2)c1. The molecule has 0 saturated carbocycles. The van der Waals surface area contributed by atoms with Gasteiger partial charge in [-0.15, -0.1) is 0 Å². The average molecular weight is 342 g/mol. The van der Waals surface area contributed by atoms with E-state index in [0.29, 0.717) is 13.0 Å². The second-order valence-corrected chi connectivity index (χ2v) is 6.10. The second kappa shape index (κ2) is 7.44. The summed E-state index contributed by atoms with van der Waals surface area (Å²) in [4.78, 5) is 25.7. The number of aromatic carboxylic acids is 1. The normalized spacial score (nSPS) is 17.4. The zero-order valence-electron chi connectivity index (χ0n) is 13.6. The highest BCUT2D eigenvalue weighted by molar-refractivity contribution is 5.96. The highest BCUT2D eigenvalue weighted by Gasteiger charge is 2.31. The van der Waals surface area contributed by atoms with E-state index in [-0.39, 0.29) is 23.2 Å². The third-order valence-corrected chi connectivity index (χ3v) is 4.37. The molecule has 1 heterocycles. The maximum absolute atomic E-state index is 13.9. The van der Waals surface area contributed by atoms with Gasteiger partial charge in [0.2, 0.25) is 5.91 Å². The fourth-order valence-electron chi connectivity index (χ4n) is 3.10. The second-order valence-electron chi connectivity index (χ2n) is 6.10. The summed E-state index contributed by atoms with van der Waals surface area (Å²) < 4.78 is 13.9. The van der Waals surface area contributed by atoms with Crippen molar-refractivity contribution >= 4 is 17.6 Å². The number of carboxylic acid groups (broad SMARTS) is 1. The molecule has 2 aromatic carbocycles. The summed E-state index contributed by atoms with van der Waals surface area (Å²) in [5.74, 6) is -2.12. The number of carbonyl (C=O) groups is 2. The van der Waals surface area contributed by atoms with E-state index in [9.17, 15) is 14.0 Å². The summed E-state index contributed by atoms with van der Waals surface area (Å²) in [7, 11) is 0. The largest absolute Gasteiger partial charge is 0.478 e. The molecule has 0 aliphatic carbocycles. The number of rotatable bonds is 5. The number of nitrogens with one attached hydrogen (secondary N) is 1. The lowest BCUT2D eigenvalue weighted by Crippen LogP contribution is -2.39. The molecule has 1 fully saturated rings. The van der Waals surface area contributed by atoms with Crippen LogP contribution in [0.1, 0.15) is 28.8 Å². The Labute approximate surface area is 145 Å². The number of anilines is 1. The molecule has 0 aromatic heterocycles. The highest BCUT2D eigenvalue weighted by Crippen LogP contribution is 2.23. The van der Waals surface area contributed by atoms with Gasteiger partial charge >= 0.3 is 5.97 Å². The quantitative estimate of drug-likeness (QED) is 0.876. The van der Waals surface area contributed by atoms with Gasteiger partial charge < -0.3 is 10.4 Å². The predicted molar refractivity (Wildman–Crippen MR) is 91.9 cm³/mol. The third-order valence-electron chi connectivity index (χ3n) is 4.37. The van der Waals surface area contributed by atoms with Crippen molar-refractivity contribution in [2.24, 2.45) is 0 Å². The Morgan fingerprint density at radius 1 is 1.20 bits per heavy atom. The van der Waals surface area contributed by atoms with Gasteiger partial charge in [0.15, 0.2) is 0 Å². The van der Waals surface area contributed by atoms with Crippen molar-refractivity contribution in [3.05, 3.63) is 65.5 Å². The van der Waals surface area contributed by atoms with Gasteiger partial charge in [-0.05, 0) is 43.1 Å². The van der Waals surface area contributed by atoms with E-state index in [4.69, 9.17) is 5.11 Å². The number of hydrogen-bond donors (Lipinski definition) is 2. The fraction of sp³-hybridized carbons (Fsp3) is 0.263. The first kappa shape index (κ1) is 17.1. The number of benzene rings is 2. The van der Waals surface area contributed by atoms with Gasteiger partial charge in [-0.2, -0.15) is 0 Å². The maximum atomic E-state index is 13.9. The van der Waals surface area contributed by atoms with E-state index in [0.717, 1.165) is 30.7 Å². The van der Waals surface area contributed by atoms with Crippen LogP contribution in [0.2, 0.25) is 0 Å². The molecule has 2 N–H and O–H groups in total. The van der Waals surface area contributed by atoms with E-state index in [1.807, 2.05) is 30.3 Å². The lowest BCUT2D eigenvalue weighted by Gasteiger charge is -2.24. The number of carbonyl (C=O) groups excluding carboxylic acids is 1. The van der Waals surface area contributed by atoms with Crippen LogP contribution in [0.15, 0.2) is 48.5 Å². The number of hydrogen-bond acceptors (Lipinski definition) is 3. The predicted octanol–water partition coefficient (Wildman–Crippen LogP) is 3.13. The first-order chi connectivity index (χ1) is 12.0. The van der Waals surface area contributed by atoms with E-state index in [1.165, 1.54) is 6.07 Å². The molecule has 130 valence electrons. The van der Waals surface area contributed by atoms with Crippen LogP contribution in [0.25, 0.3) is 0 Å². The Balaban J connectivity index is 1.72. The Kier molecular flexibility index (Phi) is 5.09. The van der Waals surface area contributed by atoms with Crippen molar-refractivity contribution in [1.82, 2.24) is 4.90 Å².